The molecule has 98 valence electrons. The molecule has 0 aliphatic rings. The fraction of sp³-hybridized carbons (Fsp3) is 0. The average Bonchev–Trinajstić information content (AvgIpc) is 2.48. The van der Waals surface area contributed by atoms with Gasteiger partial charge in [-0.2, -0.15) is 0 Å². The molecule has 0 radical (unpaired) electrons. The van der Waals surface area contributed by atoms with E-state index < -0.39 is 0 Å². The van der Waals surface area contributed by atoms with Gasteiger partial charge in [0.05, 0.1) is 5.02 Å². The summed E-state index contributed by atoms with van der Waals surface area (Å²) >= 11 is 12.0. The molecule has 3 rings (SSSR count). The fourth-order valence-corrected chi connectivity index (χ4v) is 2.51. The minimum atomic E-state index is -0.144. The number of nitrogens with zero attached hydrogens (tertiary/aromatic N) is 1. The SMILES string of the molecule is O=C(c1cc(Cl)ccc1Cl)c1cccc2cnccc12. The van der Waals surface area contributed by atoms with Crippen LogP contribution in [-0.2, 0) is 0 Å². The topological polar surface area (TPSA) is 30.0 Å². The number of rotatable bonds is 2. The largest absolute Gasteiger partial charge is 0.289 e. The van der Waals surface area contributed by atoms with Crippen molar-refractivity contribution >= 4 is 39.8 Å². The van der Waals surface area contributed by atoms with Crippen LogP contribution in [-0.4, -0.2) is 10.8 Å². The van der Waals surface area contributed by atoms with Crippen LogP contribution >= 0.6 is 23.2 Å². The van der Waals surface area contributed by atoms with Gasteiger partial charge in [-0.15, -0.1) is 0 Å². The summed E-state index contributed by atoms with van der Waals surface area (Å²) in [7, 11) is 0. The van der Waals surface area contributed by atoms with Crippen molar-refractivity contribution in [2.24, 2.45) is 0 Å². The Hall–Kier alpha value is -1.90. The van der Waals surface area contributed by atoms with Gasteiger partial charge < -0.3 is 0 Å². The lowest BCUT2D eigenvalue weighted by Gasteiger charge is -2.07. The summed E-state index contributed by atoms with van der Waals surface area (Å²) < 4.78 is 0. The molecule has 0 aliphatic heterocycles. The minimum absolute atomic E-state index is 0.144. The molecule has 4 heteroatoms. The summed E-state index contributed by atoms with van der Waals surface area (Å²) in [5.41, 5.74) is 0.998. The molecule has 0 N–H and O–H groups in total. The second-order valence-corrected chi connectivity index (χ2v) is 5.20. The summed E-state index contributed by atoms with van der Waals surface area (Å²) in [6.45, 7) is 0. The van der Waals surface area contributed by atoms with E-state index in [0.717, 1.165) is 10.8 Å². The molecular formula is C16H9Cl2NO. The molecule has 2 nitrogen and oxygen atoms in total. The number of pyridine rings is 1. The van der Waals surface area contributed by atoms with Crippen LogP contribution in [0.3, 0.4) is 0 Å². The lowest BCUT2D eigenvalue weighted by atomic mass is 9.98. The zero-order chi connectivity index (χ0) is 14.1. The van der Waals surface area contributed by atoms with Gasteiger partial charge in [0.25, 0.3) is 0 Å². The zero-order valence-electron chi connectivity index (χ0n) is 10.3. The first-order valence-corrected chi connectivity index (χ1v) is 6.75. The van der Waals surface area contributed by atoms with Crippen molar-refractivity contribution in [1.82, 2.24) is 4.98 Å². The number of hydrogen-bond donors (Lipinski definition) is 0. The molecule has 0 aliphatic carbocycles. The highest BCUT2D eigenvalue weighted by Crippen LogP contribution is 2.26. The third-order valence-corrected chi connectivity index (χ3v) is 3.66. The first kappa shape index (κ1) is 13.1. The Morgan fingerprint density at radius 1 is 1.00 bits per heavy atom. The first-order valence-electron chi connectivity index (χ1n) is 5.99. The number of halogens is 2. The predicted octanol–water partition coefficient (Wildman–Crippen LogP) is 4.77. The lowest BCUT2D eigenvalue weighted by Crippen LogP contribution is -2.03. The molecule has 1 heterocycles. The summed E-state index contributed by atoms with van der Waals surface area (Å²) in [5, 5.41) is 2.64. The zero-order valence-corrected chi connectivity index (χ0v) is 11.8. The Kier molecular flexibility index (Phi) is 3.43. The molecule has 0 spiro atoms. The van der Waals surface area contributed by atoms with Crippen molar-refractivity contribution in [3.05, 3.63) is 76.0 Å². The summed E-state index contributed by atoms with van der Waals surface area (Å²) in [5.74, 6) is -0.144. The van der Waals surface area contributed by atoms with Gasteiger partial charge in [0.2, 0.25) is 0 Å². The van der Waals surface area contributed by atoms with Gasteiger partial charge in [0, 0.05) is 33.9 Å². The maximum absolute atomic E-state index is 12.7. The van der Waals surface area contributed by atoms with Gasteiger partial charge in [-0.25, -0.2) is 0 Å². The molecule has 0 fully saturated rings. The second kappa shape index (κ2) is 5.23. The summed E-state index contributed by atoms with van der Waals surface area (Å²) in [4.78, 5) is 16.7. The van der Waals surface area contributed by atoms with Crippen LogP contribution in [0, 0.1) is 0 Å². The van der Waals surface area contributed by atoms with Crippen LogP contribution in [0.15, 0.2) is 54.9 Å². The number of fused-ring (bicyclic) bond motifs is 1. The van der Waals surface area contributed by atoms with Crippen molar-refractivity contribution in [2.45, 2.75) is 0 Å². The van der Waals surface area contributed by atoms with Crippen molar-refractivity contribution in [3.63, 3.8) is 0 Å². The second-order valence-electron chi connectivity index (χ2n) is 4.36. The van der Waals surface area contributed by atoms with Crippen LogP contribution in [0.4, 0.5) is 0 Å². The van der Waals surface area contributed by atoms with Crippen molar-refractivity contribution in [3.8, 4) is 0 Å². The Labute approximate surface area is 126 Å². The van der Waals surface area contributed by atoms with Gasteiger partial charge in [-0.1, -0.05) is 41.4 Å². The molecule has 0 saturated heterocycles. The number of benzene rings is 2. The summed E-state index contributed by atoms with van der Waals surface area (Å²) in [6.07, 6.45) is 3.39. The number of aromatic nitrogens is 1. The molecule has 1 aromatic heterocycles. The number of carbonyl (C=O) groups is 1. The molecule has 0 amide bonds. The highest BCUT2D eigenvalue weighted by molar-refractivity contribution is 6.37. The van der Waals surface area contributed by atoms with Gasteiger partial charge in [0.1, 0.15) is 0 Å². The number of hydrogen-bond acceptors (Lipinski definition) is 2. The Morgan fingerprint density at radius 2 is 1.85 bits per heavy atom. The van der Waals surface area contributed by atoms with E-state index in [-0.39, 0.29) is 5.78 Å². The molecule has 2 aromatic carbocycles. The Balaban J connectivity index is 2.20. The van der Waals surface area contributed by atoms with Crippen molar-refractivity contribution in [2.75, 3.05) is 0 Å². The molecule has 3 aromatic rings. The van der Waals surface area contributed by atoms with E-state index in [1.165, 1.54) is 0 Å². The summed E-state index contributed by atoms with van der Waals surface area (Å²) in [6, 6.07) is 12.2. The third kappa shape index (κ3) is 2.28. The van der Waals surface area contributed by atoms with Crippen LogP contribution in [0.1, 0.15) is 15.9 Å². The minimum Gasteiger partial charge on any atom is -0.289 e. The van der Waals surface area contributed by atoms with Gasteiger partial charge >= 0.3 is 0 Å². The normalized spacial score (nSPS) is 10.7. The fourth-order valence-electron chi connectivity index (χ4n) is 2.14. The van der Waals surface area contributed by atoms with Gasteiger partial charge in [0.15, 0.2) is 5.78 Å². The predicted molar refractivity (Wildman–Crippen MR) is 81.6 cm³/mol. The Bertz CT molecular complexity index is 809. The highest BCUT2D eigenvalue weighted by atomic mass is 35.5. The first-order chi connectivity index (χ1) is 9.66. The number of ketones is 1. The van der Waals surface area contributed by atoms with Crippen molar-refractivity contribution in [1.29, 1.82) is 0 Å². The quantitative estimate of drug-likeness (QED) is 0.638. The van der Waals surface area contributed by atoms with Crippen LogP contribution in [0.25, 0.3) is 10.8 Å². The third-order valence-electron chi connectivity index (χ3n) is 3.10. The Morgan fingerprint density at radius 3 is 2.70 bits per heavy atom. The monoisotopic (exact) mass is 301 g/mol. The van der Waals surface area contributed by atoms with E-state index in [1.807, 2.05) is 18.2 Å². The molecule has 20 heavy (non-hydrogen) atoms. The maximum Gasteiger partial charge on any atom is 0.195 e. The van der Waals surface area contributed by atoms with Gasteiger partial charge in [-0.3, -0.25) is 9.78 Å². The average molecular weight is 302 g/mol. The molecular weight excluding hydrogens is 293 g/mol. The van der Waals surface area contributed by atoms with E-state index in [2.05, 4.69) is 4.98 Å². The smallest absolute Gasteiger partial charge is 0.195 e. The molecule has 0 bridgehead atoms. The van der Waals surface area contributed by atoms with E-state index in [0.29, 0.717) is 21.2 Å². The van der Waals surface area contributed by atoms with Crippen LogP contribution < -0.4 is 0 Å². The van der Waals surface area contributed by atoms with E-state index in [1.54, 1.807) is 36.7 Å². The van der Waals surface area contributed by atoms with E-state index >= 15 is 0 Å². The van der Waals surface area contributed by atoms with Gasteiger partial charge in [-0.05, 0) is 29.7 Å². The molecule has 0 unspecified atom stereocenters. The van der Waals surface area contributed by atoms with Crippen molar-refractivity contribution < 1.29 is 4.79 Å². The lowest BCUT2D eigenvalue weighted by molar-refractivity contribution is 0.104. The van der Waals surface area contributed by atoms with Crippen LogP contribution in [0.2, 0.25) is 10.0 Å². The highest BCUT2D eigenvalue weighted by Gasteiger charge is 2.15. The van der Waals surface area contributed by atoms with E-state index in [4.69, 9.17) is 23.2 Å². The molecule has 0 atom stereocenters. The number of carbonyl (C=O) groups excluding carboxylic acids is 1. The molecule has 0 saturated carbocycles. The van der Waals surface area contributed by atoms with E-state index in [9.17, 15) is 4.79 Å². The maximum atomic E-state index is 12.7. The standard InChI is InChI=1S/C16H9Cl2NO/c17-11-4-5-15(18)14(8-11)16(20)13-3-1-2-10-9-19-7-6-12(10)13/h1-9H. The van der Waals surface area contributed by atoms with Crippen LogP contribution in [0.5, 0.6) is 0 Å².